The monoisotopic (exact) mass is 197 g/mol. The van der Waals surface area contributed by atoms with E-state index in [-0.39, 0.29) is 5.91 Å². The predicted octanol–water partition coefficient (Wildman–Crippen LogP) is 0.186. The molecule has 0 saturated heterocycles. The predicted molar refractivity (Wildman–Crippen MR) is 52.0 cm³/mol. The molecule has 78 valence electrons. The topological polar surface area (TPSA) is 56.1 Å². The molecule has 0 spiro atoms. The van der Waals surface area contributed by atoms with Crippen molar-refractivity contribution in [2.75, 3.05) is 20.3 Å². The zero-order valence-corrected chi connectivity index (χ0v) is 8.49. The molecule has 0 fully saturated rings. The summed E-state index contributed by atoms with van der Waals surface area (Å²) in [6.07, 6.45) is 2.42. The van der Waals surface area contributed by atoms with E-state index in [1.165, 1.54) is 0 Å². The van der Waals surface area contributed by atoms with Gasteiger partial charge in [-0.15, -0.1) is 0 Å². The van der Waals surface area contributed by atoms with Crippen LogP contribution in [0.5, 0.6) is 0 Å². The second-order valence-corrected chi connectivity index (χ2v) is 2.94. The summed E-state index contributed by atoms with van der Waals surface area (Å²) in [5.74, 6) is -0.0962. The lowest BCUT2D eigenvalue weighted by Gasteiger charge is -2.04. The summed E-state index contributed by atoms with van der Waals surface area (Å²) in [5.41, 5.74) is 0.572. The molecule has 1 N–H and O–H groups in total. The first-order valence-electron chi connectivity index (χ1n) is 4.51. The fraction of sp³-hybridized carbons (Fsp3) is 0.556. The van der Waals surface area contributed by atoms with Gasteiger partial charge in [-0.1, -0.05) is 0 Å². The maximum absolute atomic E-state index is 11.5. The highest BCUT2D eigenvalue weighted by atomic mass is 16.5. The van der Waals surface area contributed by atoms with Crippen molar-refractivity contribution in [3.8, 4) is 0 Å². The number of nitrogens with zero attached hydrogens (tertiary/aromatic N) is 2. The Morgan fingerprint density at radius 2 is 2.50 bits per heavy atom. The number of carbonyl (C=O) groups excluding carboxylic acids is 1. The summed E-state index contributed by atoms with van der Waals surface area (Å²) in [5, 5.41) is 6.69. The second-order valence-electron chi connectivity index (χ2n) is 2.94. The van der Waals surface area contributed by atoms with Crippen molar-refractivity contribution in [1.29, 1.82) is 0 Å². The Morgan fingerprint density at radius 1 is 1.71 bits per heavy atom. The van der Waals surface area contributed by atoms with Gasteiger partial charge in [0.1, 0.15) is 5.69 Å². The summed E-state index contributed by atoms with van der Waals surface area (Å²) >= 11 is 0. The van der Waals surface area contributed by atoms with Crippen molar-refractivity contribution in [1.82, 2.24) is 15.1 Å². The molecule has 0 aliphatic carbocycles. The maximum atomic E-state index is 11.5. The van der Waals surface area contributed by atoms with Crippen molar-refractivity contribution < 1.29 is 9.53 Å². The number of ether oxygens (including phenoxy) is 1. The van der Waals surface area contributed by atoms with Crippen LogP contribution >= 0.6 is 0 Å². The molecule has 0 bridgehead atoms. The highest BCUT2D eigenvalue weighted by Crippen LogP contribution is 1.95. The highest BCUT2D eigenvalue weighted by Gasteiger charge is 2.07. The second kappa shape index (κ2) is 5.39. The van der Waals surface area contributed by atoms with Crippen LogP contribution in [0.3, 0.4) is 0 Å². The molecule has 5 heteroatoms. The SMILES string of the molecule is COCCCNC(=O)c1ccnn1C. The van der Waals surface area contributed by atoms with E-state index in [0.29, 0.717) is 18.8 Å². The number of hydrogen-bond donors (Lipinski definition) is 1. The smallest absolute Gasteiger partial charge is 0.269 e. The highest BCUT2D eigenvalue weighted by molar-refractivity contribution is 5.92. The zero-order chi connectivity index (χ0) is 10.4. The normalized spacial score (nSPS) is 10.1. The van der Waals surface area contributed by atoms with Gasteiger partial charge >= 0.3 is 0 Å². The van der Waals surface area contributed by atoms with E-state index in [2.05, 4.69) is 10.4 Å². The van der Waals surface area contributed by atoms with Crippen LogP contribution in [0, 0.1) is 0 Å². The van der Waals surface area contributed by atoms with Gasteiger partial charge in [-0.3, -0.25) is 9.48 Å². The van der Waals surface area contributed by atoms with Crippen molar-refractivity contribution in [2.24, 2.45) is 7.05 Å². The van der Waals surface area contributed by atoms with Gasteiger partial charge in [-0.2, -0.15) is 5.10 Å². The lowest BCUT2D eigenvalue weighted by atomic mass is 10.4. The average Bonchev–Trinajstić information content (AvgIpc) is 2.59. The molecule has 14 heavy (non-hydrogen) atoms. The first kappa shape index (κ1) is 10.7. The van der Waals surface area contributed by atoms with E-state index in [1.807, 2.05) is 0 Å². The Kier molecular flexibility index (Phi) is 4.12. The minimum absolute atomic E-state index is 0.0962. The van der Waals surface area contributed by atoms with Gasteiger partial charge < -0.3 is 10.1 Å². The molecular formula is C9H15N3O2. The molecule has 0 aliphatic rings. The molecule has 5 nitrogen and oxygen atoms in total. The maximum Gasteiger partial charge on any atom is 0.269 e. The summed E-state index contributed by atoms with van der Waals surface area (Å²) < 4.78 is 6.42. The molecule has 1 aromatic rings. The van der Waals surface area contributed by atoms with Crippen LogP contribution in [-0.4, -0.2) is 35.9 Å². The summed E-state index contributed by atoms with van der Waals surface area (Å²) in [6.45, 7) is 1.28. The molecule has 0 atom stereocenters. The Hall–Kier alpha value is -1.36. The molecule has 0 unspecified atom stereocenters. The largest absolute Gasteiger partial charge is 0.385 e. The molecule has 0 aromatic carbocycles. The summed E-state index contributed by atoms with van der Waals surface area (Å²) in [4.78, 5) is 11.5. The van der Waals surface area contributed by atoms with Crippen LogP contribution in [0.15, 0.2) is 12.3 Å². The third-order valence-corrected chi connectivity index (χ3v) is 1.86. The molecule has 0 radical (unpaired) electrons. The zero-order valence-electron chi connectivity index (χ0n) is 8.49. The molecule has 1 rings (SSSR count). The van der Waals surface area contributed by atoms with Gasteiger partial charge in [0, 0.05) is 33.5 Å². The minimum atomic E-state index is -0.0962. The number of methoxy groups -OCH3 is 1. The molecule has 1 heterocycles. The van der Waals surface area contributed by atoms with Crippen molar-refractivity contribution in [3.05, 3.63) is 18.0 Å². The van der Waals surface area contributed by atoms with Gasteiger partial charge in [-0.25, -0.2) is 0 Å². The van der Waals surface area contributed by atoms with E-state index in [1.54, 1.807) is 31.1 Å². The Balaban J connectivity index is 2.32. The summed E-state index contributed by atoms with van der Waals surface area (Å²) in [7, 11) is 3.38. The average molecular weight is 197 g/mol. The van der Waals surface area contributed by atoms with E-state index >= 15 is 0 Å². The van der Waals surface area contributed by atoms with Crippen LogP contribution < -0.4 is 5.32 Å². The number of hydrogen-bond acceptors (Lipinski definition) is 3. The van der Waals surface area contributed by atoms with Gasteiger partial charge in [0.05, 0.1) is 0 Å². The standard InChI is InChI=1S/C9H15N3O2/c1-12-8(4-6-11-12)9(13)10-5-3-7-14-2/h4,6H,3,5,7H2,1-2H3,(H,10,13). The lowest BCUT2D eigenvalue weighted by molar-refractivity contribution is 0.0939. The molecule has 1 aromatic heterocycles. The Morgan fingerprint density at radius 3 is 3.07 bits per heavy atom. The number of rotatable bonds is 5. The van der Waals surface area contributed by atoms with Crippen LogP contribution in [0.1, 0.15) is 16.9 Å². The van der Waals surface area contributed by atoms with Crippen LogP contribution in [0.4, 0.5) is 0 Å². The van der Waals surface area contributed by atoms with E-state index in [9.17, 15) is 4.79 Å². The van der Waals surface area contributed by atoms with Crippen molar-refractivity contribution in [2.45, 2.75) is 6.42 Å². The van der Waals surface area contributed by atoms with Crippen LogP contribution in [0.2, 0.25) is 0 Å². The number of aromatic nitrogens is 2. The number of amides is 1. The third kappa shape index (κ3) is 2.85. The number of nitrogens with one attached hydrogen (secondary N) is 1. The first-order valence-corrected chi connectivity index (χ1v) is 4.51. The van der Waals surface area contributed by atoms with Crippen molar-refractivity contribution in [3.63, 3.8) is 0 Å². The van der Waals surface area contributed by atoms with E-state index in [4.69, 9.17) is 4.74 Å². The Bertz CT molecular complexity index is 296. The Labute approximate surface area is 83.1 Å². The number of aryl methyl sites for hydroxylation is 1. The number of carbonyl (C=O) groups is 1. The van der Waals surface area contributed by atoms with Gasteiger partial charge in [0.2, 0.25) is 0 Å². The molecule has 0 aliphatic heterocycles. The van der Waals surface area contributed by atoms with E-state index < -0.39 is 0 Å². The minimum Gasteiger partial charge on any atom is -0.385 e. The summed E-state index contributed by atoms with van der Waals surface area (Å²) in [6, 6.07) is 1.69. The fourth-order valence-corrected chi connectivity index (χ4v) is 1.11. The third-order valence-electron chi connectivity index (χ3n) is 1.86. The first-order chi connectivity index (χ1) is 6.75. The van der Waals surface area contributed by atoms with Crippen LogP contribution in [-0.2, 0) is 11.8 Å². The van der Waals surface area contributed by atoms with Gasteiger partial charge in [-0.05, 0) is 12.5 Å². The van der Waals surface area contributed by atoms with Crippen LogP contribution in [0.25, 0.3) is 0 Å². The lowest BCUT2D eigenvalue weighted by Crippen LogP contribution is -2.27. The van der Waals surface area contributed by atoms with Crippen molar-refractivity contribution >= 4 is 5.91 Å². The van der Waals surface area contributed by atoms with Gasteiger partial charge in [0.15, 0.2) is 0 Å². The van der Waals surface area contributed by atoms with Gasteiger partial charge in [0.25, 0.3) is 5.91 Å². The molecule has 0 saturated carbocycles. The fourth-order valence-electron chi connectivity index (χ4n) is 1.11. The molecule has 1 amide bonds. The quantitative estimate of drug-likeness (QED) is 0.685. The molecular weight excluding hydrogens is 182 g/mol. The van der Waals surface area contributed by atoms with E-state index in [0.717, 1.165) is 6.42 Å².